The summed E-state index contributed by atoms with van der Waals surface area (Å²) >= 11 is 1.38. The van der Waals surface area contributed by atoms with Gasteiger partial charge in [-0.1, -0.05) is 64.1 Å². The molecule has 1 fully saturated rings. The molecule has 0 unspecified atom stereocenters. The van der Waals surface area contributed by atoms with Gasteiger partial charge in [-0.15, -0.1) is 0 Å². The summed E-state index contributed by atoms with van der Waals surface area (Å²) in [6, 6.07) is -0.394. The maximum absolute atomic E-state index is 12.9. The fourth-order valence-corrected chi connectivity index (χ4v) is 4.29. The zero-order chi connectivity index (χ0) is 22.6. The van der Waals surface area contributed by atoms with Gasteiger partial charge in [-0.3, -0.25) is 9.59 Å². The third-order valence-corrected chi connectivity index (χ3v) is 6.31. The van der Waals surface area contributed by atoms with Gasteiger partial charge in [0, 0.05) is 17.7 Å². The van der Waals surface area contributed by atoms with Crippen LogP contribution in [0.4, 0.5) is 4.79 Å². The van der Waals surface area contributed by atoms with E-state index in [1.54, 1.807) is 0 Å². The summed E-state index contributed by atoms with van der Waals surface area (Å²) < 4.78 is 5.35. The van der Waals surface area contributed by atoms with Gasteiger partial charge in [0.1, 0.15) is 11.6 Å². The van der Waals surface area contributed by atoms with E-state index in [0.717, 1.165) is 50.7 Å². The van der Waals surface area contributed by atoms with Crippen LogP contribution in [0.5, 0.6) is 0 Å². The highest BCUT2D eigenvalue weighted by Gasteiger charge is 2.26. The zero-order valence-electron chi connectivity index (χ0n) is 19.6. The van der Waals surface area contributed by atoms with Crippen molar-refractivity contribution in [3.63, 3.8) is 0 Å². The van der Waals surface area contributed by atoms with Crippen LogP contribution in [0, 0.1) is 5.92 Å². The Morgan fingerprint density at radius 3 is 2.20 bits per heavy atom. The molecule has 2 amide bonds. The molecule has 0 aromatic heterocycles. The molecule has 0 bridgehead atoms. The number of unbranched alkanes of at least 4 members (excludes halogenated alkanes) is 2. The van der Waals surface area contributed by atoms with Gasteiger partial charge in [0.2, 0.25) is 5.91 Å². The van der Waals surface area contributed by atoms with Crippen LogP contribution in [0.2, 0.25) is 0 Å². The second-order valence-electron chi connectivity index (χ2n) is 9.57. The van der Waals surface area contributed by atoms with Gasteiger partial charge in [-0.25, -0.2) is 4.79 Å². The van der Waals surface area contributed by atoms with Crippen LogP contribution in [0.1, 0.15) is 98.8 Å². The van der Waals surface area contributed by atoms with Crippen LogP contribution in [0.25, 0.3) is 0 Å². The van der Waals surface area contributed by atoms with Crippen molar-refractivity contribution >= 4 is 28.9 Å². The summed E-state index contributed by atoms with van der Waals surface area (Å²) in [7, 11) is 0. The van der Waals surface area contributed by atoms with E-state index in [1.807, 2.05) is 34.6 Å². The number of amides is 2. The molecule has 1 atom stereocenters. The maximum atomic E-state index is 12.9. The Balaban J connectivity index is 2.51. The minimum Gasteiger partial charge on any atom is -0.444 e. The van der Waals surface area contributed by atoms with Gasteiger partial charge < -0.3 is 15.4 Å². The Bertz CT molecular complexity index is 538. The van der Waals surface area contributed by atoms with Crippen molar-refractivity contribution in [2.75, 3.05) is 5.75 Å². The molecule has 30 heavy (non-hydrogen) atoms. The van der Waals surface area contributed by atoms with Crippen LogP contribution >= 0.6 is 11.8 Å². The lowest BCUT2D eigenvalue weighted by Crippen LogP contribution is -2.50. The predicted octanol–water partition coefficient (Wildman–Crippen LogP) is 5.19. The molecule has 6 nitrogen and oxygen atoms in total. The lowest BCUT2D eigenvalue weighted by molar-refractivity contribution is -0.124. The van der Waals surface area contributed by atoms with Crippen LogP contribution in [-0.4, -0.2) is 40.6 Å². The molecule has 1 aliphatic carbocycles. The van der Waals surface area contributed by atoms with Crippen LogP contribution in [0.3, 0.4) is 0 Å². The quantitative estimate of drug-likeness (QED) is 0.359. The molecule has 1 rings (SSSR count). The van der Waals surface area contributed by atoms with E-state index >= 15 is 0 Å². The molecule has 0 radical (unpaired) electrons. The highest BCUT2D eigenvalue weighted by Crippen LogP contribution is 2.18. The molecule has 0 aromatic carbocycles. The monoisotopic (exact) mass is 442 g/mol. The van der Waals surface area contributed by atoms with E-state index in [4.69, 9.17) is 4.74 Å². The highest BCUT2D eigenvalue weighted by molar-refractivity contribution is 8.13. The van der Waals surface area contributed by atoms with Gasteiger partial charge in [-0.05, 0) is 46.5 Å². The molecule has 2 N–H and O–H groups in total. The molecule has 0 aromatic rings. The summed E-state index contributed by atoms with van der Waals surface area (Å²) in [4.78, 5) is 36.8. The van der Waals surface area contributed by atoms with E-state index in [9.17, 15) is 14.4 Å². The summed E-state index contributed by atoms with van der Waals surface area (Å²) in [5.74, 6) is 0.748. The minimum atomic E-state index is -0.605. The number of rotatable bonds is 10. The normalized spacial score (nSPS) is 16.6. The summed E-state index contributed by atoms with van der Waals surface area (Å²) in [6.45, 7) is 9.25. The maximum Gasteiger partial charge on any atom is 0.408 e. The van der Waals surface area contributed by atoms with Gasteiger partial charge in [0.15, 0.2) is 5.12 Å². The van der Waals surface area contributed by atoms with Crippen LogP contribution in [0.15, 0.2) is 0 Å². The molecule has 0 saturated heterocycles. The lowest BCUT2D eigenvalue weighted by atomic mass is 10.1. The zero-order valence-corrected chi connectivity index (χ0v) is 20.4. The molecular formula is C23H42N2O4S. The molecule has 0 aliphatic heterocycles. The average molecular weight is 443 g/mol. The Kier molecular flexibility index (Phi) is 12.5. The Labute approximate surface area is 187 Å². The number of carbonyl (C=O) groups is 3. The van der Waals surface area contributed by atoms with Crippen molar-refractivity contribution in [3.05, 3.63) is 0 Å². The number of hydrogen-bond donors (Lipinski definition) is 2. The molecule has 0 heterocycles. The molecule has 1 aliphatic rings. The van der Waals surface area contributed by atoms with E-state index in [-0.39, 0.29) is 23.0 Å². The van der Waals surface area contributed by atoms with Crippen molar-refractivity contribution in [2.45, 2.75) is 117 Å². The molecule has 1 saturated carbocycles. The lowest BCUT2D eigenvalue weighted by Gasteiger charge is -2.25. The van der Waals surface area contributed by atoms with E-state index in [1.165, 1.54) is 24.6 Å². The molecule has 0 spiro atoms. The van der Waals surface area contributed by atoms with Crippen molar-refractivity contribution in [2.24, 2.45) is 5.92 Å². The first-order valence-corrected chi connectivity index (χ1v) is 12.5. The number of alkyl carbamates (subject to hydrolysis) is 1. The minimum absolute atomic E-state index is 0.0603. The van der Waals surface area contributed by atoms with E-state index < -0.39 is 17.7 Å². The van der Waals surface area contributed by atoms with Gasteiger partial charge >= 0.3 is 6.09 Å². The summed E-state index contributed by atoms with van der Waals surface area (Å²) in [5, 5.41) is 6.14. The van der Waals surface area contributed by atoms with E-state index in [0.29, 0.717) is 6.42 Å². The highest BCUT2D eigenvalue weighted by atomic mass is 32.2. The third-order valence-electron chi connectivity index (χ3n) is 5.06. The predicted molar refractivity (Wildman–Crippen MR) is 124 cm³/mol. The van der Waals surface area contributed by atoms with E-state index in [2.05, 4.69) is 10.6 Å². The second kappa shape index (κ2) is 13.9. The van der Waals surface area contributed by atoms with Crippen molar-refractivity contribution in [3.8, 4) is 0 Å². The number of carbonyl (C=O) groups excluding carboxylic acids is 3. The number of ether oxygens (including phenoxy) is 1. The van der Waals surface area contributed by atoms with Gasteiger partial charge in [0.05, 0.1) is 0 Å². The average Bonchev–Trinajstić information content (AvgIpc) is 2.90. The third kappa shape index (κ3) is 12.5. The Hall–Kier alpha value is -1.24. The van der Waals surface area contributed by atoms with Gasteiger partial charge in [0.25, 0.3) is 0 Å². The smallest absolute Gasteiger partial charge is 0.408 e. The first-order valence-electron chi connectivity index (χ1n) is 11.5. The van der Waals surface area contributed by atoms with Crippen molar-refractivity contribution in [1.82, 2.24) is 10.6 Å². The Morgan fingerprint density at radius 2 is 1.63 bits per heavy atom. The number of hydrogen-bond acceptors (Lipinski definition) is 5. The topological polar surface area (TPSA) is 84.5 Å². The van der Waals surface area contributed by atoms with Crippen molar-refractivity contribution < 1.29 is 19.1 Å². The summed E-state index contributed by atoms with van der Waals surface area (Å²) in [5.41, 5.74) is -0.605. The summed E-state index contributed by atoms with van der Waals surface area (Å²) in [6.07, 6.45) is 9.42. The largest absolute Gasteiger partial charge is 0.444 e. The molecule has 174 valence electrons. The Morgan fingerprint density at radius 1 is 1.00 bits per heavy atom. The SMILES string of the molecule is CC(C)C(=O)SCCCCC[C@H](NC(=O)OC(C)(C)C)C(=O)NC1CCCCCC1. The second-order valence-corrected chi connectivity index (χ2v) is 10.7. The van der Waals surface area contributed by atoms with Crippen LogP contribution < -0.4 is 10.6 Å². The fourth-order valence-electron chi connectivity index (χ4n) is 3.41. The standard InChI is InChI=1S/C23H42N2O4S/c1-17(2)21(27)30-16-12-8-11-15-19(25-22(28)29-23(3,4)5)20(26)24-18-13-9-6-7-10-14-18/h17-19H,6-16H2,1-5H3,(H,24,26)(H,25,28)/t19-/m0/s1. The van der Waals surface area contributed by atoms with Crippen molar-refractivity contribution in [1.29, 1.82) is 0 Å². The molecule has 7 heteroatoms. The molecular weight excluding hydrogens is 400 g/mol. The number of nitrogens with one attached hydrogen (secondary N) is 2. The first kappa shape index (κ1) is 26.8. The first-order chi connectivity index (χ1) is 14.1. The fraction of sp³-hybridized carbons (Fsp3) is 0.870. The van der Waals surface area contributed by atoms with Crippen LogP contribution in [-0.2, 0) is 14.3 Å². The number of thioether (sulfide) groups is 1. The van der Waals surface area contributed by atoms with Gasteiger partial charge in [-0.2, -0.15) is 0 Å².